The van der Waals surface area contributed by atoms with E-state index in [0.29, 0.717) is 12.0 Å². The molecule has 0 N–H and O–H groups in total. The largest absolute Gasteiger partial charge is 0.497 e. The van der Waals surface area contributed by atoms with Crippen LogP contribution in [-0.4, -0.2) is 49.2 Å². The Morgan fingerprint density at radius 2 is 1.79 bits per heavy atom. The fourth-order valence-corrected chi connectivity index (χ4v) is 6.14. The second-order valence-electron chi connectivity index (χ2n) is 9.55. The summed E-state index contributed by atoms with van der Waals surface area (Å²) in [5.41, 5.74) is 4.51. The molecule has 1 saturated carbocycles. The second-order valence-corrected chi connectivity index (χ2v) is 9.95. The van der Waals surface area contributed by atoms with Gasteiger partial charge in [0.15, 0.2) is 0 Å². The van der Waals surface area contributed by atoms with Crippen LogP contribution >= 0.6 is 11.6 Å². The Balaban J connectivity index is 1.10. The fraction of sp³-hybridized carbons (Fsp3) is 0.393. The molecule has 0 amide bonds. The lowest BCUT2D eigenvalue weighted by Gasteiger charge is -2.42. The van der Waals surface area contributed by atoms with Gasteiger partial charge in [-0.2, -0.15) is 0 Å². The predicted octanol–water partition coefficient (Wildman–Crippen LogP) is 6.49. The molecule has 2 fully saturated rings. The number of fused-ring (bicyclic) bond motifs is 2. The quantitative estimate of drug-likeness (QED) is 0.337. The van der Waals surface area contributed by atoms with E-state index < -0.39 is 0 Å². The van der Waals surface area contributed by atoms with Gasteiger partial charge in [-0.1, -0.05) is 11.6 Å². The molecular formula is C28H30ClN3O2. The average Bonchev–Trinajstić information content (AvgIpc) is 3.32. The molecule has 5 nitrogen and oxygen atoms in total. The van der Waals surface area contributed by atoms with Crippen LogP contribution in [0.25, 0.3) is 21.9 Å². The third-order valence-corrected chi connectivity index (χ3v) is 8.14. The van der Waals surface area contributed by atoms with Gasteiger partial charge in [0, 0.05) is 54.8 Å². The number of anilines is 1. The minimum atomic E-state index is 0.567. The normalized spacial score (nSPS) is 21.9. The highest BCUT2D eigenvalue weighted by Crippen LogP contribution is 2.40. The van der Waals surface area contributed by atoms with E-state index in [2.05, 4.69) is 33.0 Å². The van der Waals surface area contributed by atoms with Crippen LogP contribution in [0.1, 0.15) is 37.2 Å². The molecule has 6 heteroatoms. The highest BCUT2D eigenvalue weighted by Gasteiger charge is 2.30. The lowest BCUT2D eigenvalue weighted by atomic mass is 9.81. The van der Waals surface area contributed by atoms with Gasteiger partial charge in [0.05, 0.1) is 29.6 Å². The van der Waals surface area contributed by atoms with Crippen molar-refractivity contribution in [1.29, 1.82) is 0 Å². The van der Waals surface area contributed by atoms with E-state index in [1.165, 1.54) is 42.3 Å². The number of halogens is 1. The summed E-state index contributed by atoms with van der Waals surface area (Å²) in [5, 5.41) is 3.01. The van der Waals surface area contributed by atoms with Gasteiger partial charge < -0.3 is 14.1 Å². The number of benzene rings is 2. The zero-order valence-corrected chi connectivity index (χ0v) is 20.3. The maximum absolute atomic E-state index is 6.41. The molecule has 0 radical (unpaired) electrons. The van der Waals surface area contributed by atoms with Crippen LogP contribution in [-0.2, 0) is 0 Å². The van der Waals surface area contributed by atoms with Crippen molar-refractivity contribution in [3.8, 4) is 5.75 Å². The van der Waals surface area contributed by atoms with Gasteiger partial charge in [-0.25, -0.2) is 0 Å². The molecular weight excluding hydrogens is 446 g/mol. The molecule has 0 unspecified atom stereocenters. The van der Waals surface area contributed by atoms with E-state index in [-0.39, 0.29) is 0 Å². The zero-order chi connectivity index (χ0) is 23.1. The molecule has 0 bridgehead atoms. The molecule has 0 atom stereocenters. The van der Waals surface area contributed by atoms with Crippen LogP contribution in [0.15, 0.2) is 59.3 Å². The van der Waals surface area contributed by atoms with Crippen LogP contribution in [0.5, 0.6) is 5.75 Å². The number of furan rings is 1. The number of hydrogen-bond acceptors (Lipinski definition) is 5. The molecule has 34 heavy (non-hydrogen) atoms. The van der Waals surface area contributed by atoms with E-state index in [4.69, 9.17) is 20.8 Å². The number of methoxy groups -OCH3 is 1. The van der Waals surface area contributed by atoms with Gasteiger partial charge in [-0.15, -0.1) is 0 Å². The van der Waals surface area contributed by atoms with Crippen LogP contribution < -0.4 is 9.64 Å². The summed E-state index contributed by atoms with van der Waals surface area (Å²) in [7, 11) is 1.72. The van der Waals surface area contributed by atoms with Crippen LogP contribution in [0.2, 0.25) is 5.02 Å². The highest BCUT2D eigenvalue weighted by atomic mass is 35.5. The Morgan fingerprint density at radius 3 is 2.59 bits per heavy atom. The van der Waals surface area contributed by atoms with Gasteiger partial charge in [0.1, 0.15) is 11.3 Å². The summed E-state index contributed by atoms with van der Waals surface area (Å²) < 4.78 is 11.3. The summed E-state index contributed by atoms with van der Waals surface area (Å²) in [4.78, 5) is 9.81. The Hall–Kier alpha value is -2.76. The Labute approximate surface area is 205 Å². The Bertz CT molecular complexity index is 1300. The molecule has 1 aliphatic heterocycles. The zero-order valence-electron chi connectivity index (χ0n) is 19.5. The van der Waals surface area contributed by atoms with Gasteiger partial charge in [0.25, 0.3) is 0 Å². The fourth-order valence-electron chi connectivity index (χ4n) is 5.93. The number of pyridine rings is 1. The van der Waals surface area contributed by atoms with E-state index in [1.807, 2.05) is 36.7 Å². The molecule has 3 heterocycles. The minimum absolute atomic E-state index is 0.567. The first-order valence-corrected chi connectivity index (χ1v) is 12.7. The monoisotopic (exact) mass is 475 g/mol. The average molecular weight is 476 g/mol. The second kappa shape index (κ2) is 9.12. The van der Waals surface area contributed by atoms with E-state index in [9.17, 15) is 0 Å². The summed E-state index contributed by atoms with van der Waals surface area (Å²) in [6.07, 6.45) is 8.74. The molecule has 6 rings (SSSR count). The molecule has 0 spiro atoms. The first kappa shape index (κ1) is 21.8. The number of ether oxygens (including phenoxy) is 1. The third-order valence-electron chi connectivity index (χ3n) is 7.81. The van der Waals surface area contributed by atoms with Crippen molar-refractivity contribution in [2.45, 2.75) is 37.6 Å². The van der Waals surface area contributed by atoms with Crippen LogP contribution in [0, 0.1) is 0 Å². The standard InChI is InChI=1S/C28H30ClN3O2/c1-33-21-8-11-27-23(17-21)24(18-34-27)19-4-6-20(7-5-19)31-13-15-32(16-14-31)26-10-9-25(29)22-3-2-12-30-28(22)26/h2-3,8-12,17-20H,4-7,13-16H2,1H3/t19-,20+. The van der Waals surface area contributed by atoms with E-state index >= 15 is 0 Å². The summed E-state index contributed by atoms with van der Waals surface area (Å²) in [5.74, 6) is 1.46. The number of aromatic nitrogens is 1. The topological polar surface area (TPSA) is 41.7 Å². The van der Waals surface area contributed by atoms with Crippen molar-refractivity contribution in [2.75, 3.05) is 38.2 Å². The number of piperazine rings is 1. The highest BCUT2D eigenvalue weighted by molar-refractivity contribution is 6.35. The lowest BCUT2D eigenvalue weighted by Crippen LogP contribution is -2.51. The number of rotatable bonds is 4. The van der Waals surface area contributed by atoms with Crippen molar-refractivity contribution < 1.29 is 9.15 Å². The number of hydrogen-bond donors (Lipinski definition) is 0. The van der Waals surface area contributed by atoms with E-state index in [0.717, 1.165) is 53.4 Å². The van der Waals surface area contributed by atoms with Crippen molar-refractivity contribution in [3.63, 3.8) is 0 Å². The van der Waals surface area contributed by atoms with Crippen molar-refractivity contribution >= 4 is 39.2 Å². The molecule has 2 aromatic heterocycles. The van der Waals surface area contributed by atoms with Crippen molar-refractivity contribution in [1.82, 2.24) is 9.88 Å². The summed E-state index contributed by atoms with van der Waals surface area (Å²) in [6, 6.07) is 14.9. The third kappa shape index (κ3) is 3.91. The van der Waals surface area contributed by atoms with Gasteiger partial charge in [-0.05, 0) is 74.1 Å². The first-order chi connectivity index (χ1) is 16.7. The maximum atomic E-state index is 6.41. The Kier molecular flexibility index (Phi) is 5.84. The SMILES string of the molecule is COc1ccc2occ([C@H]3CC[C@@H](N4CCN(c5ccc(Cl)c6cccnc56)CC4)CC3)c2c1. The van der Waals surface area contributed by atoms with Gasteiger partial charge >= 0.3 is 0 Å². The summed E-state index contributed by atoms with van der Waals surface area (Å²) in [6.45, 7) is 4.25. The molecule has 2 aliphatic rings. The lowest BCUT2D eigenvalue weighted by molar-refractivity contribution is 0.141. The minimum Gasteiger partial charge on any atom is -0.497 e. The molecule has 4 aromatic rings. The maximum Gasteiger partial charge on any atom is 0.134 e. The molecule has 176 valence electrons. The van der Waals surface area contributed by atoms with Gasteiger partial charge in [-0.3, -0.25) is 9.88 Å². The van der Waals surface area contributed by atoms with Crippen molar-refractivity contribution in [2.24, 2.45) is 0 Å². The van der Waals surface area contributed by atoms with E-state index in [1.54, 1.807) is 7.11 Å². The number of nitrogens with zero attached hydrogens (tertiary/aromatic N) is 3. The predicted molar refractivity (Wildman–Crippen MR) is 138 cm³/mol. The Morgan fingerprint density at radius 1 is 0.971 bits per heavy atom. The molecule has 1 saturated heterocycles. The molecule has 1 aliphatic carbocycles. The van der Waals surface area contributed by atoms with Crippen LogP contribution in [0.3, 0.4) is 0 Å². The first-order valence-electron chi connectivity index (χ1n) is 12.3. The molecule has 2 aromatic carbocycles. The van der Waals surface area contributed by atoms with Gasteiger partial charge in [0.2, 0.25) is 0 Å². The van der Waals surface area contributed by atoms with Crippen LogP contribution in [0.4, 0.5) is 5.69 Å². The summed E-state index contributed by atoms with van der Waals surface area (Å²) >= 11 is 6.41. The smallest absolute Gasteiger partial charge is 0.134 e. The van der Waals surface area contributed by atoms with Crippen molar-refractivity contribution in [3.05, 3.63) is 65.5 Å².